The molecule has 0 bridgehead atoms. The minimum Gasteiger partial charge on any atom is -0.369 e. The zero-order valence-corrected chi connectivity index (χ0v) is 15.5. The summed E-state index contributed by atoms with van der Waals surface area (Å²) in [6.45, 7) is 5.76. The van der Waals surface area contributed by atoms with Crippen LogP contribution in [0.2, 0.25) is 0 Å². The van der Waals surface area contributed by atoms with E-state index in [0.29, 0.717) is 13.1 Å². The summed E-state index contributed by atoms with van der Waals surface area (Å²) in [7, 11) is 3.67. The second-order valence-corrected chi connectivity index (χ2v) is 6.86. The number of likely N-dealkylation sites (tertiary alicyclic amines) is 1. The van der Waals surface area contributed by atoms with Crippen LogP contribution in [-0.2, 0) is 18.4 Å². The molecule has 0 saturated carbocycles. The molecule has 140 valence electrons. The van der Waals surface area contributed by atoms with Crippen LogP contribution in [0.5, 0.6) is 0 Å². The highest BCUT2D eigenvalue weighted by molar-refractivity contribution is 5.77. The lowest BCUT2D eigenvalue weighted by Gasteiger charge is -2.31. The van der Waals surface area contributed by atoms with E-state index in [4.69, 9.17) is 5.73 Å². The highest BCUT2D eigenvalue weighted by atomic mass is 16.2. The number of nitrogens with zero attached hydrogens (tertiary/aromatic N) is 4. The SMILES string of the molecule is Cc1c(CN(C)C(=O)NCCCN2CCCC(C(N)=O)C2)cnn1C. The minimum absolute atomic E-state index is 0.0304. The Morgan fingerprint density at radius 1 is 1.48 bits per heavy atom. The van der Waals surface area contributed by atoms with Crippen molar-refractivity contribution in [2.45, 2.75) is 32.7 Å². The van der Waals surface area contributed by atoms with Crippen LogP contribution in [0.4, 0.5) is 4.79 Å². The number of primary amides is 1. The van der Waals surface area contributed by atoms with Gasteiger partial charge in [0.2, 0.25) is 5.91 Å². The van der Waals surface area contributed by atoms with Crippen molar-refractivity contribution in [3.8, 4) is 0 Å². The van der Waals surface area contributed by atoms with E-state index >= 15 is 0 Å². The smallest absolute Gasteiger partial charge is 0.317 e. The van der Waals surface area contributed by atoms with Crippen molar-refractivity contribution in [3.05, 3.63) is 17.5 Å². The first-order valence-electron chi connectivity index (χ1n) is 8.86. The Morgan fingerprint density at radius 3 is 2.88 bits per heavy atom. The number of carbonyl (C=O) groups excluding carboxylic acids is 2. The summed E-state index contributed by atoms with van der Waals surface area (Å²) in [6.07, 6.45) is 4.55. The van der Waals surface area contributed by atoms with E-state index in [-0.39, 0.29) is 17.9 Å². The van der Waals surface area contributed by atoms with Crippen molar-refractivity contribution in [2.75, 3.05) is 33.2 Å². The molecular weight excluding hydrogens is 320 g/mol. The van der Waals surface area contributed by atoms with Crippen LogP contribution < -0.4 is 11.1 Å². The number of nitrogens with two attached hydrogens (primary N) is 1. The third-order valence-electron chi connectivity index (χ3n) is 4.93. The lowest BCUT2D eigenvalue weighted by molar-refractivity contribution is -0.123. The molecule has 1 unspecified atom stereocenters. The van der Waals surface area contributed by atoms with E-state index < -0.39 is 0 Å². The van der Waals surface area contributed by atoms with Gasteiger partial charge in [0.25, 0.3) is 0 Å². The number of rotatable bonds is 7. The van der Waals surface area contributed by atoms with E-state index in [0.717, 1.165) is 50.2 Å². The number of carbonyl (C=O) groups is 2. The second kappa shape index (κ2) is 8.84. The zero-order valence-electron chi connectivity index (χ0n) is 15.5. The van der Waals surface area contributed by atoms with Crippen LogP contribution >= 0.6 is 0 Å². The quantitative estimate of drug-likeness (QED) is 0.698. The normalized spacial score (nSPS) is 18.1. The summed E-state index contributed by atoms with van der Waals surface area (Å²) in [5.74, 6) is -0.234. The summed E-state index contributed by atoms with van der Waals surface area (Å²) in [5.41, 5.74) is 7.51. The molecule has 2 rings (SSSR count). The van der Waals surface area contributed by atoms with Gasteiger partial charge in [0, 0.05) is 38.4 Å². The summed E-state index contributed by atoms with van der Waals surface area (Å²) in [4.78, 5) is 27.4. The van der Waals surface area contributed by atoms with Crippen LogP contribution in [-0.4, -0.2) is 64.7 Å². The number of aromatic nitrogens is 2. The molecule has 1 aromatic heterocycles. The average molecular weight is 350 g/mol. The predicted octanol–water partition coefficient (Wildman–Crippen LogP) is 0.457. The molecule has 3 N–H and O–H groups in total. The zero-order chi connectivity index (χ0) is 18.4. The second-order valence-electron chi connectivity index (χ2n) is 6.86. The third kappa shape index (κ3) is 5.45. The molecule has 25 heavy (non-hydrogen) atoms. The number of hydrogen-bond acceptors (Lipinski definition) is 4. The lowest BCUT2D eigenvalue weighted by atomic mass is 9.97. The van der Waals surface area contributed by atoms with Gasteiger partial charge in [-0.25, -0.2) is 4.79 Å². The van der Waals surface area contributed by atoms with Gasteiger partial charge in [0.15, 0.2) is 0 Å². The van der Waals surface area contributed by atoms with Gasteiger partial charge in [-0.05, 0) is 39.3 Å². The Balaban J connectivity index is 1.66. The van der Waals surface area contributed by atoms with Crippen molar-refractivity contribution >= 4 is 11.9 Å². The fourth-order valence-electron chi connectivity index (χ4n) is 3.15. The Labute approximate surface area is 149 Å². The Morgan fingerprint density at radius 2 is 2.24 bits per heavy atom. The molecule has 1 aliphatic rings. The maximum absolute atomic E-state index is 12.2. The van der Waals surface area contributed by atoms with E-state index in [1.165, 1.54) is 0 Å². The number of urea groups is 1. The molecule has 0 spiro atoms. The molecule has 8 heteroatoms. The first-order chi connectivity index (χ1) is 11.9. The molecule has 1 saturated heterocycles. The molecule has 3 amide bonds. The van der Waals surface area contributed by atoms with Crippen molar-refractivity contribution in [1.82, 2.24) is 24.9 Å². The maximum atomic E-state index is 12.2. The van der Waals surface area contributed by atoms with Gasteiger partial charge in [-0.15, -0.1) is 0 Å². The first-order valence-corrected chi connectivity index (χ1v) is 8.86. The van der Waals surface area contributed by atoms with E-state index in [9.17, 15) is 9.59 Å². The number of nitrogens with one attached hydrogen (secondary N) is 1. The van der Waals surface area contributed by atoms with Crippen molar-refractivity contribution < 1.29 is 9.59 Å². The summed E-state index contributed by atoms with van der Waals surface area (Å²) < 4.78 is 1.80. The van der Waals surface area contributed by atoms with Crippen LogP contribution in [0, 0.1) is 12.8 Å². The molecule has 1 aliphatic heterocycles. The van der Waals surface area contributed by atoms with E-state index in [2.05, 4.69) is 15.3 Å². The fourth-order valence-corrected chi connectivity index (χ4v) is 3.15. The predicted molar refractivity (Wildman–Crippen MR) is 95.8 cm³/mol. The van der Waals surface area contributed by atoms with Crippen molar-refractivity contribution in [1.29, 1.82) is 0 Å². The molecule has 0 aliphatic carbocycles. The van der Waals surface area contributed by atoms with Crippen molar-refractivity contribution in [3.63, 3.8) is 0 Å². The number of piperidine rings is 1. The van der Waals surface area contributed by atoms with Gasteiger partial charge in [-0.3, -0.25) is 9.48 Å². The standard InChI is InChI=1S/C17H30N6O2/c1-13-15(10-20-22(13)3)11-21(2)17(25)19-7-5-9-23-8-4-6-14(12-23)16(18)24/h10,14H,4-9,11-12H2,1-3H3,(H2,18,24)(H,19,25). The van der Waals surface area contributed by atoms with Gasteiger partial charge in [-0.1, -0.05) is 0 Å². The Kier molecular flexibility index (Phi) is 6.81. The largest absolute Gasteiger partial charge is 0.369 e. The first kappa shape index (κ1) is 19.2. The van der Waals surface area contributed by atoms with Crippen LogP contribution in [0.25, 0.3) is 0 Å². The molecule has 2 heterocycles. The van der Waals surface area contributed by atoms with E-state index in [1.807, 2.05) is 14.0 Å². The van der Waals surface area contributed by atoms with Gasteiger partial charge < -0.3 is 20.9 Å². The maximum Gasteiger partial charge on any atom is 0.317 e. The monoisotopic (exact) mass is 350 g/mol. The van der Waals surface area contributed by atoms with Crippen molar-refractivity contribution in [2.24, 2.45) is 18.7 Å². The minimum atomic E-state index is -0.203. The number of amides is 3. The summed E-state index contributed by atoms with van der Waals surface area (Å²) in [5, 5.41) is 7.14. The Bertz CT molecular complexity index is 600. The fraction of sp³-hybridized carbons (Fsp3) is 0.706. The van der Waals surface area contributed by atoms with Crippen LogP contribution in [0.15, 0.2) is 6.20 Å². The van der Waals surface area contributed by atoms with Gasteiger partial charge in [-0.2, -0.15) is 5.10 Å². The summed E-state index contributed by atoms with van der Waals surface area (Å²) in [6, 6.07) is -0.0862. The molecule has 8 nitrogen and oxygen atoms in total. The van der Waals surface area contributed by atoms with Gasteiger partial charge >= 0.3 is 6.03 Å². The molecular formula is C17H30N6O2. The van der Waals surface area contributed by atoms with Crippen LogP contribution in [0.3, 0.4) is 0 Å². The highest BCUT2D eigenvalue weighted by Gasteiger charge is 2.23. The highest BCUT2D eigenvalue weighted by Crippen LogP contribution is 2.15. The lowest BCUT2D eigenvalue weighted by Crippen LogP contribution is -2.42. The molecule has 1 fully saturated rings. The van der Waals surface area contributed by atoms with Gasteiger partial charge in [0.1, 0.15) is 0 Å². The topological polar surface area (TPSA) is 96.5 Å². The third-order valence-corrected chi connectivity index (χ3v) is 4.93. The summed E-state index contributed by atoms with van der Waals surface area (Å²) >= 11 is 0. The molecule has 1 atom stereocenters. The molecule has 1 aromatic rings. The Hall–Kier alpha value is -2.09. The molecule has 0 aromatic carbocycles. The van der Waals surface area contributed by atoms with E-state index in [1.54, 1.807) is 22.8 Å². The molecule has 0 radical (unpaired) electrons. The number of aryl methyl sites for hydroxylation is 1. The number of hydrogen-bond donors (Lipinski definition) is 2. The average Bonchev–Trinajstić information content (AvgIpc) is 2.90. The van der Waals surface area contributed by atoms with Gasteiger partial charge in [0.05, 0.1) is 18.7 Å². The van der Waals surface area contributed by atoms with Crippen LogP contribution in [0.1, 0.15) is 30.5 Å².